The van der Waals surface area contributed by atoms with Gasteiger partial charge in [-0.25, -0.2) is 0 Å². The Labute approximate surface area is 103 Å². The number of ether oxygens (including phenoxy) is 1. The molecular formula is C12H18F2O2S. The summed E-state index contributed by atoms with van der Waals surface area (Å²) in [6.45, 7) is 4.54. The van der Waals surface area contributed by atoms with Gasteiger partial charge in [-0.1, -0.05) is 26.0 Å². The van der Waals surface area contributed by atoms with Gasteiger partial charge < -0.3 is 4.74 Å². The van der Waals surface area contributed by atoms with Crippen molar-refractivity contribution in [2.24, 2.45) is 0 Å². The molecule has 17 heavy (non-hydrogen) atoms. The van der Waals surface area contributed by atoms with Crippen LogP contribution in [0.1, 0.15) is 26.3 Å². The van der Waals surface area contributed by atoms with E-state index in [1.54, 1.807) is 30.5 Å². The summed E-state index contributed by atoms with van der Waals surface area (Å²) in [7, 11) is -1.05. The molecule has 0 radical (unpaired) electrons. The molecule has 1 rings (SSSR count). The van der Waals surface area contributed by atoms with Gasteiger partial charge in [0.05, 0.1) is 6.61 Å². The first-order chi connectivity index (χ1) is 7.88. The van der Waals surface area contributed by atoms with Crippen molar-refractivity contribution >= 4 is 10.8 Å². The van der Waals surface area contributed by atoms with Crippen LogP contribution in [0, 0.1) is 0 Å². The highest BCUT2D eigenvalue weighted by Crippen LogP contribution is 2.16. The molecular weight excluding hydrogens is 246 g/mol. The average Bonchev–Trinajstić information content (AvgIpc) is 2.29. The Bertz CT molecular complexity index is 345. The van der Waals surface area contributed by atoms with Crippen molar-refractivity contribution in [1.29, 1.82) is 0 Å². The molecule has 0 saturated carbocycles. The third-order valence-electron chi connectivity index (χ3n) is 1.75. The summed E-state index contributed by atoms with van der Waals surface area (Å²) < 4.78 is 40.0. The lowest BCUT2D eigenvalue weighted by Crippen LogP contribution is -2.14. The molecule has 0 aliphatic heterocycles. The minimum atomic E-state index is -3.12. The minimum absolute atomic E-state index is 0.153. The van der Waals surface area contributed by atoms with Crippen molar-refractivity contribution in [2.45, 2.75) is 38.4 Å². The van der Waals surface area contributed by atoms with Crippen LogP contribution < -0.4 is 0 Å². The van der Waals surface area contributed by atoms with E-state index in [1.165, 1.54) is 0 Å². The fourth-order valence-corrected chi connectivity index (χ4v) is 1.51. The van der Waals surface area contributed by atoms with Crippen LogP contribution in [0.3, 0.4) is 0 Å². The van der Waals surface area contributed by atoms with Gasteiger partial charge in [0.2, 0.25) is 0 Å². The first-order valence-electron chi connectivity index (χ1n) is 5.32. The molecule has 0 saturated heterocycles. The van der Waals surface area contributed by atoms with E-state index < -0.39 is 16.9 Å². The zero-order valence-corrected chi connectivity index (χ0v) is 11.3. The molecule has 0 spiro atoms. The van der Waals surface area contributed by atoms with Crippen molar-refractivity contribution < 1.29 is 17.7 Å². The second-order valence-electron chi connectivity index (χ2n) is 3.19. The van der Waals surface area contributed by atoms with E-state index in [1.807, 2.05) is 13.8 Å². The molecule has 1 atom stereocenters. The van der Waals surface area contributed by atoms with Crippen LogP contribution in [0.5, 0.6) is 0 Å². The van der Waals surface area contributed by atoms with Gasteiger partial charge in [-0.2, -0.15) is 8.78 Å². The molecule has 0 fully saturated rings. The lowest BCUT2D eigenvalue weighted by atomic mass is 10.2. The number of rotatable bonds is 4. The lowest BCUT2D eigenvalue weighted by molar-refractivity contribution is -0.231. The van der Waals surface area contributed by atoms with Crippen LogP contribution in [0.25, 0.3) is 0 Å². The molecule has 1 aromatic carbocycles. The van der Waals surface area contributed by atoms with E-state index in [-0.39, 0.29) is 6.61 Å². The summed E-state index contributed by atoms with van der Waals surface area (Å²) in [5.41, 5.74) is 0.630. The largest absolute Gasteiger partial charge is 0.353 e. The normalized spacial score (nSPS) is 12.6. The number of hydrogen-bond acceptors (Lipinski definition) is 2. The Hall–Kier alpha value is -0.810. The monoisotopic (exact) mass is 264 g/mol. The van der Waals surface area contributed by atoms with Gasteiger partial charge in [0.25, 0.3) is 0 Å². The van der Waals surface area contributed by atoms with Crippen LogP contribution in [0.2, 0.25) is 0 Å². The predicted octanol–water partition coefficient (Wildman–Crippen LogP) is 3.58. The predicted molar refractivity (Wildman–Crippen MR) is 65.5 cm³/mol. The maximum atomic E-state index is 12.3. The lowest BCUT2D eigenvalue weighted by Gasteiger charge is -2.11. The zero-order valence-electron chi connectivity index (χ0n) is 10.5. The topological polar surface area (TPSA) is 26.3 Å². The highest BCUT2D eigenvalue weighted by atomic mass is 32.2. The van der Waals surface area contributed by atoms with E-state index >= 15 is 0 Å². The molecule has 1 unspecified atom stereocenters. The van der Waals surface area contributed by atoms with Crippen LogP contribution in [0.15, 0.2) is 29.2 Å². The van der Waals surface area contributed by atoms with E-state index in [4.69, 9.17) is 0 Å². The van der Waals surface area contributed by atoms with Crippen LogP contribution in [-0.2, 0) is 22.1 Å². The molecule has 0 aliphatic rings. The zero-order chi connectivity index (χ0) is 13.5. The molecule has 0 aromatic heterocycles. The van der Waals surface area contributed by atoms with Crippen molar-refractivity contribution in [2.75, 3.05) is 6.26 Å². The smallest absolute Gasteiger partial charge is 0.316 e. The fraction of sp³-hybridized carbons (Fsp3) is 0.500. The summed E-state index contributed by atoms with van der Waals surface area (Å²) in [4.78, 5) is 0.669. The molecule has 5 heteroatoms. The van der Waals surface area contributed by atoms with E-state index in [9.17, 15) is 13.0 Å². The van der Waals surface area contributed by atoms with E-state index in [0.29, 0.717) is 17.4 Å². The molecule has 0 bridgehead atoms. The van der Waals surface area contributed by atoms with Crippen LogP contribution in [-0.4, -0.2) is 16.6 Å². The Morgan fingerprint density at radius 1 is 1.24 bits per heavy atom. The number of hydrogen-bond donors (Lipinski definition) is 0. The second kappa shape index (κ2) is 7.50. The van der Waals surface area contributed by atoms with Crippen LogP contribution >= 0.6 is 0 Å². The van der Waals surface area contributed by atoms with Gasteiger partial charge in [0.15, 0.2) is 0 Å². The SMILES string of the molecule is CC.CS(=O)c1ccc(COC(C)(F)F)cc1. The second-order valence-corrected chi connectivity index (χ2v) is 4.57. The molecule has 1 aromatic rings. The Morgan fingerprint density at radius 2 is 1.71 bits per heavy atom. The van der Waals surface area contributed by atoms with Gasteiger partial charge in [-0.15, -0.1) is 0 Å². The van der Waals surface area contributed by atoms with Crippen LogP contribution in [0.4, 0.5) is 8.78 Å². The third-order valence-corrected chi connectivity index (χ3v) is 2.68. The highest BCUT2D eigenvalue weighted by molar-refractivity contribution is 7.84. The summed E-state index contributed by atoms with van der Waals surface area (Å²) in [6, 6.07) is 6.54. The first-order valence-corrected chi connectivity index (χ1v) is 6.88. The molecule has 0 N–H and O–H groups in total. The number of alkyl halides is 2. The summed E-state index contributed by atoms with van der Waals surface area (Å²) in [5.74, 6) is 0. The van der Waals surface area contributed by atoms with Crippen molar-refractivity contribution in [3.8, 4) is 0 Å². The van der Waals surface area contributed by atoms with Gasteiger partial charge in [0, 0.05) is 28.9 Å². The van der Waals surface area contributed by atoms with Gasteiger partial charge in [-0.3, -0.25) is 4.21 Å². The molecule has 0 aliphatic carbocycles. The standard InChI is InChI=1S/C10H12F2O2S.C2H6/c1-10(11,12)14-7-8-3-5-9(6-4-8)15(2)13;1-2/h3-6H,7H2,1-2H3;1-2H3. The third kappa shape index (κ3) is 7.18. The van der Waals surface area contributed by atoms with E-state index in [0.717, 1.165) is 0 Å². The average molecular weight is 264 g/mol. The first kappa shape index (κ1) is 16.2. The highest BCUT2D eigenvalue weighted by Gasteiger charge is 2.21. The van der Waals surface area contributed by atoms with Crippen molar-refractivity contribution in [3.05, 3.63) is 29.8 Å². The van der Waals surface area contributed by atoms with Gasteiger partial charge >= 0.3 is 6.11 Å². The molecule has 0 heterocycles. The quantitative estimate of drug-likeness (QED) is 0.831. The van der Waals surface area contributed by atoms with Crippen molar-refractivity contribution in [3.63, 3.8) is 0 Å². The van der Waals surface area contributed by atoms with E-state index in [2.05, 4.69) is 4.74 Å². The number of halogens is 2. The van der Waals surface area contributed by atoms with Gasteiger partial charge in [-0.05, 0) is 17.7 Å². The summed E-state index contributed by atoms with van der Waals surface area (Å²) in [6.07, 6.45) is -1.56. The Kier molecular flexibility index (Phi) is 7.15. The minimum Gasteiger partial charge on any atom is -0.316 e. The maximum Gasteiger partial charge on any atom is 0.353 e. The molecule has 98 valence electrons. The van der Waals surface area contributed by atoms with Crippen molar-refractivity contribution in [1.82, 2.24) is 0 Å². The maximum absolute atomic E-state index is 12.3. The fourth-order valence-electron chi connectivity index (χ4n) is 0.987. The number of benzene rings is 1. The van der Waals surface area contributed by atoms with Gasteiger partial charge in [0.1, 0.15) is 0 Å². The summed E-state index contributed by atoms with van der Waals surface area (Å²) in [5, 5.41) is 0. The Morgan fingerprint density at radius 3 is 2.06 bits per heavy atom. The Balaban J connectivity index is 0.00000121. The molecule has 2 nitrogen and oxygen atoms in total. The molecule has 0 amide bonds. The summed E-state index contributed by atoms with van der Waals surface area (Å²) >= 11 is 0.